The number of aromatic amines is 1. The van der Waals surface area contributed by atoms with Gasteiger partial charge in [0.2, 0.25) is 11.8 Å². The van der Waals surface area contributed by atoms with Gasteiger partial charge in [-0.25, -0.2) is 0 Å². The van der Waals surface area contributed by atoms with Crippen LogP contribution in [0.3, 0.4) is 0 Å². The Kier molecular flexibility index (Phi) is 4.22. The van der Waals surface area contributed by atoms with Gasteiger partial charge < -0.3 is 24.3 Å². The summed E-state index contributed by atoms with van der Waals surface area (Å²) in [5.41, 5.74) is 3.99. The number of para-hydroxylation sites is 1. The average molecular weight is 431 g/mol. The summed E-state index contributed by atoms with van der Waals surface area (Å²) in [7, 11) is 3.20. The summed E-state index contributed by atoms with van der Waals surface area (Å²) < 4.78 is 11.0. The van der Waals surface area contributed by atoms with Gasteiger partial charge in [0.1, 0.15) is 12.6 Å². The van der Waals surface area contributed by atoms with Crippen LogP contribution in [-0.2, 0) is 16.0 Å². The molecule has 3 aromatic rings. The summed E-state index contributed by atoms with van der Waals surface area (Å²) in [6.07, 6.45) is 2.50. The van der Waals surface area contributed by atoms with Gasteiger partial charge in [-0.1, -0.05) is 24.3 Å². The molecule has 2 atom stereocenters. The summed E-state index contributed by atoms with van der Waals surface area (Å²) in [5, 5.41) is 1.11. The third-order valence-electron chi connectivity index (χ3n) is 7.00. The van der Waals surface area contributed by atoms with Crippen LogP contribution in [0, 0.1) is 0 Å². The van der Waals surface area contributed by atoms with Crippen LogP contribution in [0.1, 0.15) is 35.7 Å². The van der Waals surface area contributed by atoms with Gasteiger partial charge in [0.05, 0.1) is 20.3 Å². The molecule has 1 saturated carbocycles. The van der Waals surface area contributed by atoms with E-state index in [0.717, 1.165) is 40.6 Å². The first-order valence-electron chi connectivity index (χ1n) is 11.0. The lowest BCUT2D eigenvalue weighted by Crippen LogP contribution is -2.63. The topological polar surface area (TPSA) is 74.9 Å². The van der Waals surface area contributed by atoms with Crippen molar-refractivity contribution in [2.45, 2.75) is 37.4 Å². The lowest BCUT2D eigenvalue weighted by Gasteiger charge is -2.47. The van der Waals surface area contributed by atoms with Gasteiger partial charge in [0.25, 0.3) is 0 Å². The van der Waals surface area contributed by atoms with Crippen LogP contribution in [0.5, 0.6) is 11.5 Å². The fourth-order valence-corrected chi connectivity index (χ4v) is 5.35. The third kappa shape index (κ3) is 2.73. The van der Waals surface area contributed by atoms with Crippen molar-refractivity contribution < 1.29 is 19.1 Å². The Balaban J connectivity index is 1.55. The maximum absolute atomic E-state index is 13.5. The first-order valence-corrected chi connectivity index (χ1v) is 11.0. The number of rotatable bonds is 4. The maximum Gasteiger partial charge on any atom is 0.246 e. The molecule has 7 nitrogen and oxygen atoms in total. The van der Waals surface area contributed by atoms with Gasteiger partial charge in [-0.3, -0.25) is 9.59 Å². The van der Waals surface area contributed by atoms with E-state index >= 15 is 0 Å². The zero-order chi connectivity index (χ0) is 22.0. The number of methoxy groups -OCH3 is 2. The van der Waals surface area contributed by atoms with Crippen molar-refractivity contribution in [1.29, 1.82) is 0 Å². The van der Waals surface area contributed by atoms with E-state index in [1.165, 1.54) is 0 Å². The highest BCUT2D eigenvalue weighted by atomic mass is 16.5. The number of nitrogens with one attached hydrogen (secondary N) is 1. The number of fused-ring (bicyclic) bond motifs is 4. The zero-order valence-corrected chi connectivity index (χ0v) is 18.1. The molecule has 2 fully saturated rings. The van der Waals surface area contributed by atoms with Crippen LogP contribution in [-0.4, -0.2) is 59.4 Å². The minimum atomic E-state index is -0.498. The predicted octanol–water partition coefficient (Wildman–Crippen LogP) is 3.03. The number of carbonyl (C=O) groups is 2. The Morgan fingerprint density at radius 1 is 1.00 bits per heavy atom. The zero-order valence-electron chi connectivity index (χ0n) is 18.1. The second kappa shape index (κ2) is 7.02. The second-order valence-corrected chi connectivity index (χ2v) is 8.80. The molecule has 1 aromatic heterocycles. The fourth-order valence-electron chi connectivity index (χ4n) is 5.35. The van der Waals surface area contributed by atoms with Crippen LogP contribution in [0.15, 0.2) is 42.5 Å². The van der Waals surface area contributed by atoms with E-state index in [4.69, 9.17) is 9.47 Å². The highest BCUT2D eigenvalue weighted by Crippen LogP contribution is 2.45. The third-order valence-corrected chi connectivity index (χ3v) is 7.00. The van der Waals surface area contributed by atoms with Gasteiger partial charge in [-0.05, 0) is 42.2 Å². The molecule has 3 heterocycles. The van der Waals surface area contributed by atoms with Gasteiger partial charge in [0, 0.05) is 29.1 Å². The van der Waals surface area contributed by atoms with Crippen LogP contribution in [0.25, 0.3) is 10.9 Å². The molecule has 2 aromatic carbocycles. The summed E-state index contributed by atoms with van der Waals surface area (Å²) in [4.78, 5) is 34.1. The molecule has 1 saturated heterocycles. The molecule has 0 spiro atoms. The van der Waals surface area contributed by atoms with Crippen molar-refractivity contribution in [3.8, 4) is 11.5 Å². The smallest absolute Gasteiger partial charge is 0.246 e. The van der Waals surface area contributed by atoms with E-state index in [1.807, 2.05) is 36.4 Å². The summed E-state index contributed by atoms with van der Waals surface area (Å²) in [6.45, 7) is 0.152. The SMILES string of the molecule is COc1ccc(C2c3[nH]c4ccccc4c3C[C@H]3C(=O)N(C4CC4)CC(=O)N23)cc1OC. The quantitative estimate of drug-likeness (QED) is 0.689. The van der Waals surface area contributed by atoms with Crippen molar-refractivity contribution in [3.05, 3.63) is 59.3 Å². The highest BCUT2D eigenvalue weighted by Gasteiger charge is 2.50. The minimum absolute atomic E-state index is 0.00871. The Bertz CT molecular complexity index is 1250. The van der Waals surface area contributed by atoms with Crippen LogP contribution in [0.2, 0.25) is 0 Å². The first-order chi connectivity index (χ1) is 15.6. The Morgan fingerprint density at radius 3 is 2.53 bits per heavy atom. The van der Waals surface area contributed by atoms with Crippen molar-refractivity contribution in [2.24, 2.45) is 0 Å². The van der Waals surface area contributed by atoms with E-state index in [-0.39, 0.29) is 24.4 Å². The predicted molar refractivity (Wildman–Crippen MR) is 119 cm³/mol. The second-order valence-electron chi connectivity index (χ2n) is 8.80. The Hall–Kier alpha value is -3.48. The number of piperazine rings is 1. The summed E-state index contributed by atoms with van der Waals surface area (Å²) in [5.74, 6) is 1.28. The number of nitrogens with zero attached hydrogens (tertiary/aromatic N) is 2. The largest absolute Gasteiger partial charge is 0.493 e. The standard InChI is InChI=1S/C25H25N3O4/c1-31-20-10-7-14(11-21(20)32-2)24-23-17(16-5-3-4-6-18(16)26-23)12-19-25(30)27(15-8-9-15)13-22(29)28(19)24/h3-7,10-11,15,19,24,26H,8-9,12-13H2,1-2H3/t19-,24?/m0/s1. The molecule has 6 rings (SSSR count). The number of ether oxygens (including phenoxy) is 2. The molecule has 0 radical (unpaired) electrons. The molecular weight excluding hydrogens is 406 g/mol. The van der Waals surface area contributed by atoms with Crippen LogP contribution >= 0.6 is 0 Å². The van der Waals surface area contributed by atoms with Crippen LogP contribution < -0.4 is 9.47 Å². The summed E-state index contributed by atoms with van der Waals surface area (Å²) in [6, 6.07) is 13.2. The maximum atomic E-state index is 13.5. The van der Waals surface area contributed by atoms with Gasteiger partial charge in [-0.2, -0.15) is 0 Å². The van der Waals surface area contributed by atoms with Crippen molar-refractivity contribution in [2.75, 3.05) is 20.8 Å². The van der Waals surface area contributed by atoms with Crippen molar-refractivity contribution >= 4 is 22.7 Å². The highest BCUT2D eigenvalue weighted by molar-refractivity contribution is 5.98. The normalized spacial score (nSPS) is 22.7. The van der Waals surface area contributed by atoms with E-state index in [2.05, 4.69) is 11.1 Å². The van der Waals surface area contributed by atoms with Crippen molar-refractivity contribution in [1.82, 2.24) is 14.8 Å². The molecule has 1 unspecified atom stereocenters. The molecule has 0 bridgehead atoms. The molecule has 32 heavy (non-hydrogen) atoms. The van der Waals surface area contributed by atoms with Gasteiger partial charge >= 0.3 is 0 Å². The number of benzene rings is 2. The van der Waals surface area contributed by atoms with Crippen molar-refractivity contribution in [3.63, 3.8) is 0 Å². The van der Waals surface area contributed by atoms with E-state index < -0.39 is 12.1 Å². The molecule has 1 N–H and O–H groups in total. The molecule has 164 valence electrons. The number of carbonyl (C=O) groups excluding carboxylic acids is 2. The number of H-pyrrole nitrogens is 1. The Morgan fingerprint density at radius 2 is 1.78 bits per heavy atom. The van der Waals surface area contributed by atoms with Gasteiger partial charge in [-0.15, -0.1) is 0 Å². The lowest BCUT2D eigenvalue weighted by molar-refractivity contribution is -0.159. The average Bonchev–Trinajstić information content (AvgIpc) is 3.60. The molecule has 3 aliphatic rings. The monoisotopic (exact) mass is 431 g/mol. The summed E-state index contributed by atoms with van der Waals surface area (Å²) >= 11 is 0. The molecular formula is C25H25N3O4. The molecule has 7 heteroatoms. The molecule has 2 aliphatic heterocycles. The number of hydrogen-bond acceptors (Lipinski definition) is 4. The minimum Gasteiger partial charge on any atom is -0.493 e. The fraction of sp³-hybridized carbons (Fsp3) is 0.360. The Labute approximate surface area is 185 Å². The number of hydrogen-bond donors (Lipinski definition) is 1. The number of aromatic nitrogens is 1. The van der Waals surface area contributed by atoms with E-state index in [9.17, 15) is 9.59 Å². The number of amides is 2. The van der Waals surface area contributed by atoms with Gasteiger partial charge in [0.15, 0.2) is 11.5 Å². The molecule has 1 aliphatic carbocycles. The van der Waals surface area contributed by atoms with E-state index in [1.54, 1.807) is 24.0 Å². The van der Waals surface area contributed by atoms with Crippen LogP contribution in [0.4, 0.5) is 0 Å². The van der Waals surface area contributed by atoms with E-state index in [0.29, 0.717) is 17.9 Å². The first kappa shape index (κ1) is 19.2. The molecule has 2 amide bonds. The lowest BCUT2D eigenvalue weighted by atomic mass is 9.86.